The molecule has 0 saturated carbocycles. The molecular weight excluding hydrogens is 238 g/mol. The van der Waals surface area contributed by atoms with Gasteiger partial charge in [0.1, 0.15) is 0 Å². The van der Waals surface area contributed by atoms with Gasteiger partial charge in [0.25, 0.3) is 0 Å². The Bertz CT molecular complexity index is 407. The molecule has 0 N–H and O–H groups in total. The predicted octanol–water partition coefficient (Wildman–Crippen LogP) is 2.54. The summed E-state index contributed by atoms with van der Waals surface area (Å²) < 4.78 is 5.59. The van der Waals surface area contributed by atoms with Crippen LogP contribution in [-0.4, -0.2) is 43.5 Å². The smallest absolute Gasteiger partial charge is 0.176 e. The lowest BCUT2D eigenvalue weighted by Gasteiger charge is -2.19. The number of benzene rings is 1. The summed E-state index contributed by atoms with van der Waals surface area (Å²) in [6.07, 6.45) is 3.57. The Labute approximate surface area is 115 Å². The maximum absolute atomic E-state index is 12.1. The Hall–Kier alpha value is -1.19. The van der Waals surface area contributed by atoms with Crippen LogP contribution in [0.1, 0.15) is 35.7 Å². The molecule has 3 heteroatoms. The van der Waals surface area contributed by atoms with E-state index in [0.717, 1.165) is 38.0 Å². The monoisotopic (exact) mass is 261 g/mol. The fraction of sp³-hybridized carbons (Fsp3) is 0.562. The first kappa shape index (κ1) is 14.2. The first-order valence-corrected chi connectivity index (χ1v) is 7.11. The number of ketones is 1. The van der Waals surface area contributed by atoms with Crippen molar-refractivity contribution >= 4 is 5.78 Å². The minimum Gasteiger partial charge on any atom is -0.377 e. The van der Waals surface area contributed by atoms with E-state index in [1.54, 1.807) is 0 Å². The number of hydrogen-bond donors (Lipinski definition) is 0. The van der Waals surface area contributed by atoms with Crippen LogP contribution in [0.15, 0.2) is 24.3 Å². The summed E-state index contributed by atoms with van der Waals surface area (Å²) in [5, 5.41) is 0. The van der Waals surface area contributed by atoms with Crippen molar-refractivity contribution in [2.45, 2.75) is 32.3 Å². The number of carbonyl (C=O) groups is 1. The molecule has 1 aliphatic rings. The lowest BCUT2D eigenvalue weighted by atomic mass is 10.1. The van der Waals surface area contributed by atoms with E-state index in [1.165, 1.54) is 5.56 Å². The van der Waals surface area contributed by atoms with Gasteiger partial charge in [-0.1, -0.05) is 31.2 Å². The normalized spacial score (nSPS) is 19.0. The SMILES string of the molecule is CCc1ccc(C(=O)CN(C)CC2CCCO2)cc1. The predicted molar refractivity (Wildman–Crippen MR) is 76.6 cm³/mol. The number of carbonyl (C=O) groups excluding carboxylic acids is 1. The molecule has 1 aromatic carbocycles. The van der Waals surface area contributed by atoms with E-state index in [1.807, 2.05) is 31.3 Å². The van der Waals surface area contributed by atoms with Crippen LogP contribution in [0.3, 0.4) is 0 Å². The third kappa shape index (κ3) is 4.15. The van der Waals surface area contributed by atoms with Gasteiger partial charge >= 0.3 is 0 Å². The van der Waals surface area contributed by atoms with Crippen LogP contribution >= 0.6 is 0 Å². The number of rotatable bonds is 6. The highest BCUT2D eigenvalue weighted by atomic mass is 16.5. The van der Waals surface area contributed by atoms with E-state index in [9.17, 15) is 4.79 Å². The molecule has 1 aliphatic heterocycles. The van der Waals surface area contributed by atoms with E-state index in [4.69, 9.17) is 4.74 Å². The number of aryl methyl sites for hydroxylation is 1. The van der Waals surface area contributed by atoms with E-state index in [-0.39, 0.29) is 5.78 Å². The molecule has 3 nitrogen and oxygen atoms in total. The minimum atomic E-state index is 0.183. The zero-order valence-electron chi connectivity index (χ0n) is 11.9. The van der Waals surface area contributed by atoms with Crippen LogP contribution in [0.2, 0.25) is 0 Å². The van der Waals surface area contributed by atoms with E-state index in [0.29, 0.717) is 12.6 Å². The molecule has 0 spiro atoms. The molecule has 104 valence electrons. The van der Waals surface area contributed by atoms with E-state index in [2.05, 4.69) is 11.8 Å². The Morgan fingerprint density at radius 1 is 1.37 bits per heavy atom. The Morgan fingerprint density at radius 2 is 2.11 bits per heavy atom. The lowest BCUT2D eigenvalue weighted by molar-refractivity contribution is 0.0740. The number of likely N-dealkylation sites (N-methyl/N-ethyl adjacent to an activating group) is 1. The Morgan fingerprint density at radius 3 is 2.68 bits per heavy atom. The summed E-state index contributed by atoms with van der Waals surface area (Å²) >= 11 is 0. The molecule has 0 aliphatic carbocycles. The first-order chi connectivity index (χ1) is 9.19. The van der Waals surface area contributed by atoms with Gasteiger partial charge in [-0.2, -0.15) is 0 Å². The van der Waals surface area contributed by atoms with Crippen LogP contribution in [0, 0.1) is 0 Å². The second kappa shape index (κ2) is 6.83. The highest BCUT2D eigenvalue weighted by molar-refractivity contribution is 5.97. The van der Waals surface area contributed by atoms with Crippen molar-refractivity contribution < 1.29 is 9.53 Å². The highest BCUT2D eigenvalue weighted by Crippen LogP contribution is 2.13. The van der Waals surface area contributed by atoms with Crippen LogP contribution in [0.4, 0.5) is 0 Å². The van der Waals surface area contributed by atoms with Gasteiger partial charge in [-0.15, -0.1) is 0 Å². The second-order valence-corrected chi connectivity index (χ2v) is 5.31. The lowest BCUT2D eigenvalue weighted by Crippen LogP contribution is -2.33. The minimum absolute atomic E-state index is 0.183. The zero-order valence-corrected chi connectivity index (χ0v) is 11.9. The molecule has 0 amide bonds. The summed E-state index contributed by atoms with van der Waals surface area (Å²) in [4.78, 5) is 14.2. The number of ether oxygens (including phenoxy) is 1. The Balaban J connectivity index is 1.84. The molecule has 0 aromatic heterocycles. The molecule has 1 heterocycles. The van der Waals surface area contributed by atoms with Crippen LogP contribution < -0.4 is 0 Å². The van der Waals surface area contributed by atoms with Gasteiger partial charge in [0.15, 0.2) is 5.78 Å². The maximum atomic E-state index is 12.1. The second-order valence-electron chi connectivity index (χ2n) is 5.31. The summed E-state index contributed by atoms with van der Waals surface area (Å²) in [5.41, 5.74) is 2.07. The summed E-state index contributed by atoms with van der Waals surface area (Å²) in [6, 6.07) is 7.93. The number of hydrogen-bond acceptors (Lipinski definition) is 3. The molecule has 2 rings (SSSR count). The van der Waals surface area contributed by atoms with Crippen molar-refractivity contribution in [3.63, 3.8) is 0 Å². The summed E-state index contributed by atoms with van der Waals surface area (Å²) in [6.45, 7) is 4.29. The van der Waals surface area contributed by atoms with Gasteiger partial charge < -0.3 is 4.74 Å². The number of nitrogens with zero attached hydrogens (tertiary/aromatic N) is 1. The van der Waals surface area contributed by atoms with Crippen molar-refractivity contribution in [3.8, 4) is 0 Å². The molecule has 1 saturated heterocycles. The fourth-order valence-corrected chi connectivity index (χ4v) is 2.46. The Kier molecular flexibility index (Phi) is 5.11. The van der Waals surface area contributed by atoms with Gasteiger partial charge in [-0.05, 0) is 31.9 Å². The van der Waals surface area contributed by atoms with Crippen molar-refractivity contribution in [3.05, 3.63) is 35.4 Å². The molecule has 0 bridgehead atoms. The van der Waals surface area contributed by atoms with Crippen molar-refractivity contribution in [1.29, 1.82) is 0 Å². The van der Waals surface area contributed by atoms with Gasteiger partial charge in [0, 0.05) is 18.7 Å². The van der Waals surface area contributed by atoms with Crippen molar-refractivity contribution in [2.75, 3.05) is 26.7 Å². The third-order valence-corrected chi connectivity index (χ3v) is 3.64. The number of Topliss-reactive ketones (excluding diaryl/α,β-unsaturated/α-hetero) is 1. The molecule has 1 aromatic rings. The van der Waals surface area contributed by atoms with Crippen LogP contribution in [-0.2, 0) is 11.2 Å². The molecule has 0 radical (unpaired) electrons. The van der Waals surface area contributed by atoms with Crippen LogP contribution in [0.5, 0.6) is 0 Å². The molecule has 19 heavy (non-hydrogen) atoms. The summed E-state index contributed by atoms with van der Waals surface area (Å²) in [7, 11) is 1.99. The van der Waals surface area contributed by atoms with Gasteiger partial charge in [-0.25, -0.2) is 0 Å². The molecule has 1 unspecified atom stereocenters. The average Bonchev–Trinajstić information content (AvgIpc) is 2.91. The molecule has 1 fully saturated rings. The summed E-state index contributed by atoms with van der Waals surface area (Å²) in [5.74, 6) is 0.183. The first-order valence-electron chi connectivity index (χ1n) is 7.11. The highest BCUT2D eigenvalue weighted by Gasteiger charge is 2.18. The quantitative estimate of drug-likeness (QED) is 0.737. The third-order valence-electron chi connectivity index (χ3n) is 3.64. The largest absolute Gasteiger partial charge is 0.377 e. The standard InChI is InChI=1S/C16H23NO2/c1-3-13-6-8-14(9-7-13)16(18)12-17(2)11-15-5-4-10-19-15/h6-9,15H,3-5,10-12H2,1-2H3. The van der Waals surface area contributed by atoms with Gasteiger partial charge in [0.2, 0.25) is 0 Å². The fourth-order valence-electron chi connectivity index (χ4n) is 2.46. The van der Waals surface area contributed by atoms with Crippen molar-refractivity contribution in [1.82, 2.24) is 4.90 Å². The van der Waals surface area contributed by atoms with E-state index < -0.39 is 0 Å². The van der Waals surface area contributed by atoms with Crippen LogP contribution in [0.25, 0.3) is 0 Å². The van der Waals surface area contributed by atoms with Crippen molar-refractivity contribution in [2.24, 2.45) is 0 Å². The molecular formula is C16H23NO2. The zero-order chi connectivity index (χ0) is 13.7. The van der Waals surface area contributed by atoms with Gasteiger partial charge in [-0.3, -0.25) is 9.69 Å². The topological polar surface area (TPSA) is 29.5 Å². The van der Waals surface area contributed by atoms with Gasteiger partial charge in [0.05, 0.1) is 12.6 Å². The average molecular weight is 261 g/mol. The maximum Gasteiger partial charge on any atom is 0.176 e. The van der Waals surface area contributed by atoms with E-state index >= 15 is 0 Å². The molecule has 1 atom stereocenters.